The molecule has 0 aliphatic rings. The van der Waals surface area contributed by atoms with Gasteiger partial charge < -0.3 is 15.8 Å². The van der Waals surface area contributed by atoms with Crippen molar-refractivity contribution in [1.82, 2.24) is 0 Å². The van der Waals surface area contributed by atoms with Gasteiger partial charge in [-0.05, 0) is 23.6 Å². The Hall–Kier alpha value is -1.23. The molecule has 0 fully saturated rings. The van der Waals surface area contributed by atoms with Crippen molar-refractivity contribution in [3.63, 3.8) is 0 Å². The van der Waals surface area contributed by atoms with E-state index in [4.69, 9.17) is 10.9 Å². The summed E-state index contributed by atoms with van der Waals surface area (Å²) < 4.78 is 0.966. The Labute approximate surface area is 117 Å². The fraction of sp³-hybridized carbons (Fsp3) is 0.462. The molecular formula is C13H20BrN3O. The Morgan fingerprint density at radius 3 is 2.56 bits per heavy atom. The van der Waals surface area contributed by atoms with Crippen LogP contribution in [-0.2, 0) is 0 Å². The fourth-order valence-corrected chi connectivity index (χ4v) is 2.24. The average Bonchev–Trinajstić information content (AvgIpc) is 2.25. The minimum Gasteiger partial charge on any atom is -0.409 e. The number of benzene rings is 1. The summed E-state index contributed by atoms with van der Waals surface area (Å²) >= 11 is 3.45. The fourth-order valence-electron chi connectivity index (χ4n) is 1.89. The van der Waals surface area contributed by atoms with Crippen LogP contribution < -0.4 is 10.6 Å². The largest absolute Gasteiger partial charge is 0.409 e. The molecule has 0 saturated heterocycles. The normalized spacial score (nSPS) is 12.6. The van der Waals surface area contributed by atoms with E-state index in [0.29, 0.717) is 0 Å². The van der Waals surface area contributed by atoms with E-state index in [-0.39, 0.29) is 11.3 Å². The minimum atomic E-state index is 0.123. The van der Waals surface area contributed by atoms with Crippen LogP contribution in [0.2, 0.25) is 0 Å². The summed E-state index contributed by atoms with van der Waals surface area (Å²) in [5.74, 6) is 0.123. The second-order valence-corrected chi connectivity index (χ2v) is 6.48. The van der Waals surface area contributed by atoms with Crippen molar-refractivity contribution < 1.29 is 5.21 Å². The quantitative estimate of drug-likeness (QED) is 0.390. The van der Waals surface area contributed by atoms with Crippen LogP contribution in [0.15, 0.2) is 27.8 Å². The number of hydrogen-bond acceptors (Lipinski definition) is 3. The Bertz CT molecular complexity index is 452. The first kappa shape index (κ1) is 14.8. The van der Waals surface area contributed by atoms with Gasteiger partial charge in [-0.3, -0.25) is 0 Å². The number of oxime groups is 1. The van der Waals surface area contributed by atoms with Crippen molar-refractivity contribution in [2.24, 2.45) is 16.3 Å². The first-order chi connectivity index (χ1) is 8.24. The van der Waals surface area contributed by atoms with Gasteiger partial charge in [0.1, 0.15) is 0 Å². The van der Waals surface area contributed by atoms with Crippen LogP contribution in [0, 0.1) is 5.41 Å². The van der Waals surface area contributed by atoms with Gasteiger partial charge in [-0.15, -0.1) is 0 Å². The van der Waals surface area contributed by atoms with Crippen molar-refractivity contribution >= 4 is 27.5 Å². The van der Waals surface area contributed by atoms with Gasteiger partial charge in [-0.1, -0.05) is 41.9 Å². The summed E-state index contributed by atoms with van der Waals surface area (Å²) in [5.41, 5.74) is 7.54. The Morgan fingerprint density at radius 2 is 2.06 bits per heavy atom. The number of amidine groups is 1. The molecule has 1 rings (SSSR count). The van der Waals surface area contributed by atoms with Gasteiger partial charge in [-0.25, -0.2) is 0 Å². The summed E-state index contributed by atoms with van der Waals surface area (Å²) in [6, 6.07) is 5.69. The zero-order valence-electron chi connectivity index (χ0n) is 11.2. The highest BCUT2D eigenvalue weighted by atomic mass is 79.9. The maximum absolute atomic E-state index is 8.83. The molecule has 0 amide bonds. The molecule has 18 heavy (non-hydrogen) atoms. The maximum atomic E-state index is 8.83. The molecule has 0 spiro atoms. The molecule has 1 aromatic rings. The average molecular weight is 314 g/mol. The van der Waals surface area contributed by atoms with Crippen molar-refractivity contribution in [2.75, 3.05) is 18.5 Å². The summed E-state index contributed by atoms with van der Waals surface area (Å²) in [6.45, 7) is 7.38. The second-order valence-electron chi connectivity index (χ2n) is 5.56. The molecule has 0 aromatic heterocycles. The third-order valence-corrected chi connectivity index (χ3v) is 2.96. The van der Waals surface area contributed by atoms with E-state index in [1.807, 2.05) is 25.2 Å². The molecule has 4 nitrogen and oxygen atoms in total. The second kappa shape index (κ2) is 5.61. The topological polar surface area (TPSA) is 61.8 Å². The van der Waals surface area contributed by atoms with Crippen LogP contribution in [0.1, 0.15) is 26.3 Å². The smallest absolute Gasteiger partial charge is 0.172 e. The Balaban J connectivity index is 3.17. The van der Waals surface area contributed by atoms with Gasteiger partial charge >= 0.3 is 0 Å². The third-order valence-electron chi connectivity index (χ3n) is 2.47. The Kier molecular flexibility index (Phi) is 4.62. The van der Waals surface area contributed by atoms with Crippen LogP contribution >= 0.6 is 15.9 Å². The summed E-state index contributed by atoms with van der Waals surface area (Å²) in [4.78, 5) is 2.11. The summed E-state index contributed by atoms with van der Waals surface area (Å²) in [7, 11) is 2.00. The minimum absolute atomic E-state index is 0.123. The van der Waals surface area contributed by atoms with E-state index in [2.05, 4.69) is 46.8 Å². The third kappa shape index (κ3) is 3.91. The molecule has 3 N–H and O–H groups in total. The van der Waals surface area contributed by atoms with E-state index >= 15 is 0 Å². The Morgan fingerprint density at radius 1 is 1.44 bits per heavy atom. The molecular weight excluding hydrogens is 294 g/mol. The van der Waals surface area contributed by atoms with Crippen LogP contribution in [0.5, 0.6) is 0 Å². The predicted molar refractivity (Wildman–Crippen MR) is 79.4 cm³/mol. The predicted octanol–water partition coefficient (Wildman–Crippen LogP) is 3.03. The van der Waals surface area contributed by atoms with Crippen molar-refractivity contribution in [3.05, 3.63) is 28.2 Å². The molecule has 0 atom stereocenters. The van der Waals surface area contributed by atoms with Crippen molar-refractivity contribution in [2.45, 2.75) is 20.8 Å². The van der Waals surface area contributed by atoms with Gasteiger partial charge in [0.05, 0.1) is 0 Å². The molecule has 0 aliphatic carbocycles. The lowest BCUT2D eigenvalue weighted by Gasteiger charge is -2.29. The summed E-state index contributed by atoms with van der Waals surface area (Å²) in [5, 5.41) is 11.9. The molecule has 100 valence electrons. The number of nitrogens with two attached hydrogens (primary N) is 1. The van der Waals surface area contributed by atoms with Gasteiger partial charge in [0, 0.05) is 29.3 Å². The van der Waals surface area contributed by atoms with E-state index in [1.165, 1.54) is 0 Å². The summed E-state index contributed by atoms with van der Waals surface area (Å²) in [6.07, 6.45) is 0. The molecule has 0 bridgehead atoms. The van der Waals surface area contributed by atoms with Crippen molar-refractivity contribution in [3.8, 4) is 0 Å². The lowest BCUT2D eigenvalue weighted by molar-refractivity contribution is 0.318. The standard InChI is InChI=1S/C13H20BrN3O/c1-13(2,3)8-17(4)11-7-9(14)5-6-10(11)12(15)16-18/h5-7,18H,8H2,1-4H3,(H2,15,16). The highest BCUT2D eigenvalue weighted by Crippen LogP contribution is 2.27. The highest BCUT2D eigenvalue weighted by Gasteiger charge is 2.17. The van der Waals surface area contributed by atoms with E-state index in [0.717, 1.165) is 22.3 Å². The molecule has 1 aromatic carbocycles. The van der Waals surface area contributed by atoms with Crippen molar-refractivity contribution in [1.29, 1.82) is 0 Å². The van der Waals surface area contributed by atoms with Gasteiger partial charge in [0.15, 0.2) is 5.84 Å². The van der Waals surface area contributed by atoms with E-state index in [1.54, 1.807) is 0 Å². The van der Waals surface area contributed by atoms with Gasteiger partial charge in [0.2, 0.25) is 0 Å². The van der Waals surface area contributed by atoms with Gasteiger partial charge in [0.25, 0.3) is 0 Å². The SMILES string of the molecule is CN(CC(C)(C)C)c1cc(Br)ccc1/C(N)=N/O. The zero-order valence-corrected chi connectivity index (χ0v) is 12.8. The first-order valence-electron chi connectivity index (χ1n) is 5.73. The lowest BCUT2D eigenvalue weighted by atomic mass is 9.95. The number of anilines is 1. The molecule has 0 heterocycles. The number of rotatable bonds is 3. The highest BCUT2D eigenvalue weighted by molar-refractivity contribution is 9.10. The van der Waals surface area contributed by atoms with Gasteiger partial charge in [-0.2, -0.15) is 0 Å². The molecule has 0 unspecified atom stereocenters. The van der Waals surface area contributed by atoms with Crippen LogP contribution in [0.25, 0.3) is 0 Å². The molecule has 0 aliphatic heterocycles. The van der Waals surface area contributed by atoms with Crippen LogP contribution in [0.3, 0.4) is 0 Å². The number of halogens is 1. The zero-order chi connectivity index (χ0) is 13.9. The number of nitrogens with zero attached hydrogens (tertiary/aromatic N) is 2. The van der Waals surface area contributed by atoms with E-state index < -0.39 is 0 Å². The molecule has 0 saturated carbocycles. The lowest BCUT2D eigenvalue weighted by Crippen LogP contribution is -2.31. The first-order valence-corrected chi connectivity index (χ1v) is 6.52. The molecule has 0 radical (unpaired) electrons. The maximum Gasteiger partial charge on any atom is 0.172 e. The van der Waals surface area contributed by atoms with Crippen LogP contribution in [-0.4, -0.2) is 24.6 Å². The number of hydrogen-bond donors (Lipinski definition) is 2. The van der Waals surface area contributed by atoms with Crippen LogP contribution in [0.4, 0.5) is 5.69 Å². The monoisotopic (exact) mass is 313 g/mol. The molecule has 5 heteroatoms. The van der Waals surface area contributed by atoms with E-state index in [9.17, 15) is 0 Å².